The minimum atomic E-state index is 0.287. The van der Waals surface area contributed by atoms with Gasteiger partial charge in [0.25, 0.3) is 0 Å². The number of anilines is 2. The Morgan fingerprint density at radius 2 is 2.20 bits per heavy atom. The van der Waals surface area contributed by atoms with Gasteiger partial charge in [0.15, 0.2) is 4.96 Å². The van der Waals surface area contributed by atoms with E-state index in [9.17, 15) is 0 Å². The van der Waals surface area contributed by atoms with Gasteiger partial charge in [0.2, 0.25) is 0 Å². The Morgan fingerprint density at radius 1 is 1.27 bits per heavy atom. The third-order valence-corrected chi connectivity index (χ3v) is 6.30. The van der Waals surface area contributed by atoms with Gasteiger partial charge in [-0.05, 0) is 50.6 Å². The summed E-state index contributed by atoms with van der Waals surface area (Å²) in [4.78, 5) is 17.2. The third-order valence-electron chi connectivity index (χ3n) is 5.54. The van der Waals surface area contributed by atoms with Crippen molar-refractivity contribution in [3.8, 4) is 6.07 Å². The fourth-order valence-electron chi connectivity index (χ4n) is 4.06. The highest BCUT2D eigenvalue weighted by molar-refractivity contribution is 7.15. The van der Waals surface area contributed by atoms with Crippen LogP contribution in [0.1, 0.15) is 41.7 Å². The summed E-state index contributed by atoms with van der Waals surface area (Å²) in [7, 11) is 0. The van der Waals surface area contributed by atoms with Crippen molar-refractivity contribution in [2.75, 3.05) is 11.9 Å². The molecule has 4 aromatic heterocycles. The van der Waals surface area contributed by atoms with Crippen molar-refractivity contribution in [3.63, 3.8) is 0 Å². The SMILES string of the molecule is Cc1nc2sccn2c1CN1CCC[C@@H]1c1cccc(Nc2ccc(C#N)nc2)n1. The van der Waals surface area contributed by atoms with Crippen LogP contribution in [-0.2, 0) is 6.54 Å². The van der Waals surface area contributed by atoms with Crippen LogP contribution in [-0.4, -0.2) is 30.8 Å². The maximum absolute atomic E-state index is 8.90. The van der Waals surface area contributed by atoms with Gasteiger partial charge >= 0.3 is 0 Å². The molecule has 0 aromatic carbocycles. The van der Waals surface area contributed by atoms with E-state index in [1.807, 2.05) is 24.3 Å². The molecule has 1 saturated heterocycles. The second-order valence-electron chi connectivity index (χ2n) is 7.44. The number of nitriles is 1. The average molecular weight is 416 g/mol. The Kier molecular flexibility index (Phi) is 4.91. The molecule has 0 saturated carbocycles. The van der Waals surface area contributed by atoms with Crippen molar-refractivity contribution in [1.82, 2.24) is 24.3 Å². The van der Waals surface area contributed by atoms with E-state index in [2.05, 4.69) is 49.2 Å². The molecule has 1 N–H and O–H groups in total. The van der Waals surface area contributed by atoms with Gasteiger partial charge in [-0.15, -0.1) is 11.3 Å². The maximum atomic E-state index is 8.90. The molecule has 7 nitrogen and oxygen atoms in total. The van der Waals surface area contributed by atoms with Crippen LogP contribution in [0.3, 0.4) is 0 Å². The molecule has 4 aromatic rings. The van der Waals surface area contributed by atoms with Crippen molar-refractivity contribution in [1.29, 1.82) is 5.26 Å². The van der Waals surface area contributed by atoms with E-state index in [1.54, 1.807) is 23.6 Å². The summed E-state index contributed by atoms with van der Waals surface area (Å²) in [6, 6.07) is 12.0. The molecule has 0 aliphatic carbocycles. The second kappa shape index (κ2) is 7.86. The average Bonchev–Trinajstić information content (AvgIpc) is 3.47. The van der Waals surface area contributed by atoms with Gasteiger partial charge in [-0.3, -0.25) is 9.30 Å². The van der Waals surface area contributed by atoms with Crippen LogP contribution in [0.15, 0.2) is 48.1 Å². The van der Waals surface area contributed by atoms with Crippen molar-refractivity contribution < 1.29 is 0 Å². The van der Waals surface area contributed by atoms with Crippen molar-refractivity contribution >= 4 is 27.8 Å². The Balaban J connectivity index is 1.36. The monoisotopic (exact) mass is 415 g/mol. The lowest BCUT2D eigenvalue weighted by molar-refractivity contribution is 0.240. The molecule has 0 amide bonds. The predicted molar refractivity (Wildman–Crippen MR) is 117 cm³/mol. The summed E-state index contributed by atoms with van der Waals surface area (Å²) in [5.74, 6) is 0.784. The van der Waals surface area contributed by atoms with Gasteiger partial charge in [0.1, 0.15) is 17.6 Å². The largest absolute Gasteiger partial charge is 0.339 e. The van der Waals surface area contributed by atoms with Crippen LogP contribution in [0.2, 0.25) is 0 Å². The van der Waals surface area contributed by atoms with E-state index in [0.29, 0.717) is 5.69 Å². The lowest BCUT2D eigenvalue weighted by atomic mass is 10.1. The van der Waals surface area contributed by atoms with Crippen molar-refractivity contribution in [2.45, 2.75) is 32.4 Å². The number of imidazole rings is 1. The van der Waals surface area contributed by atoms with E-state index in [1.165, 1.54) is 5.69 Å². The van der Waals surface area contributed by atoms with Crippen molar-refractivity contribution in [2.24, 2.45) is 0 Å². The summed E-state index contributed by atoms with van der Waals surface area (Å²) in [6.45, 7) is 4.02. The molecule has 8 heteroatoms. The number of hydrogen-bond donors (Lipinski definition) is 1. The third kappa shape index (κ3) is 3.54. The molecule has 30 heavy (non-hydrogen) atoms. The summed E-state index contributed by atoms with van der Waals surface area (Å²) < 4.78 is 2.21. The number of hydrogen-bond acceptors (Lipinski definition) is 7. The molecule has 150 valence electrons. The molecule has 1 aliphatic rings. The van der Waals surface area contributed by atoms with E-state index in [-0.39, 0.29) is 6.04 Å². The highest BCUT2D eigenvalue weighted by Gasteiger charge is 2.28. The molecule has 1 atom stereocenters. The zero-order valence-corrected chi connectivity index (χ0v) is 17.4. The first-order valence-corrected chi connectivity index (χ1v) is 10.8. The minimum Gasteiger partial charge on any atom is -0.339 e. The maximum Gasteiger partial charge on any atom is 0.194 e. The van der Waals surface area contributed by atoms with Gasteiger partial charge in [-0.25, -0.2) is 15.0 Å². The van der Waals surface area contributed by atoms with Gasteiger partial charge in [0, 0.05) is 18.1 Å². The first-order chi connectivity index (χ1) is 14.7. The molecule has 0 radical (unpaired) electrons. The van der Waals surface area contributed by atoms with Crippen LogP contribution in [0.25, 0.3) is 4.96 Å². The zero-order valence-electron chi connectivity index (χ0n) is 16.6. The number of rotatable bonds is 5. The standard InChI is InChI=1S/C22H21N7S/c1-15-20(29-10-11-30-22(29)25-15)14-28-9-3-5-19(28)18-4-2-6-21(27-18)26-17-8-7-16(12-23)24-13-17/h2,4,6-8,10-11,13,19H,3,5,9,14H2,1H3,(H,26,27)/t19-/m1/s1. The summed E-state index contributed by atoms with van der Waals surface area (Å²) in [5, 5.41) is 14.3. The van der Waals surface area contributed by atoms with E-state index >= 15 is 0 Å². The number of nitrogens with zero attached hydrogens (tertiary/aromatic N) is 6. The quantitative estimate of drug-likeness (QED) is 0.519. The highest BCUT2D eigenvalue weighted by atomic mass is 32.1. The van der Waals surface area contributed by atoms with Crippen LogP contribution in [0, 0.1) is 18.3 Å². The topological polar surface area (TPSA) is 82.1 Å². The lowest BCUT2D eigenvalue weighted by Gasteiger charge is -2.24. The van der Waals surface area contributed by atoms with Crippen molar-refractivity contribution in [3.05, 3.63) is 70.9 Å². The molecule has 5 rings (SSSR count). The van der Waals surface area contributed by atoms with E-state index < -0.39 is 0 Å². The smallest absolute Gasteiger partial charge is 0.194 e. The molecule has 0 unspecified atom stereocenters. The lowest BCUT2D eigenvalue weighted by Crippen LogP contribution is -2.24. The number of aromatic nitrogens is 4. The molecular weight excluding hydrogens is 394 g/mol. The van der Waals surface area contributed by atoms with E-state index in [0.717, 1.165) is 53.8 Å². The van der Waals surface area contributed by atoms with Gasteiger partial charge in [-0.2, -0.15) is 5.26 Å². The number of nitrogens with one attached hydrogen (secondary N) is 1. The zero-order chi connectivity index (χ0) is 20.5. The van der Waals surface area contributed by atoms with Crippen LogP contribution in [0.5, 0.6) is 0 Å². The minimum absolute atomic E-state index is 0.287. The van der Waals surface area contributed by atoms with Crippen LogP contribution >= 0.6 is 11.3 Å². The summed E-state index contributed by atoms with van der Waals surface area (Å²) >= 11 is 1.67. The second-order valence-corrected chi connectivity index (χ2v) is 8.32. The first-order valence-electron chi connectivity index (χ1n) is 9.96. The normalized spacial score (nSPS) is 16.7. The highest BCUT2D eigenvalue weighted by Crippen LogP contribution is 2.33. The number of aryl methyl sites for hydroxylation is 1. The molecular formula is C22H21N7S. The molecule has 5 heterocycles. The van der Waals surface area contributed by atoms with Gasteiger partial charge < -0.3 is 5.32 Å². The molecule has 0 bridgehead atoms. The Bertz CT molecular complexity index is 1220. The Morgan fingerprint density at radius 3 is 3.03 bits per heavy atom. The number of fused-ring (bicyclic) bond motifs is 1. The Labute approximate surface area is 178 Å². The van der Waals surface area contributed by atoms with Crippen LogP contribution in [0.4, 0.5) is 11.5 Å². The predicted octanol–water partition coefficient (Wildman–Crippen LogP) is 4.45. The Hall–Kier alpha value is -3.28. The fourth-order valence-corrected chi connectivity index (χ4v) is 4.84. The van der Waals surface area contributed by atoms with E-state index in [4.69, 9.17) is 10.2 Å². The van der Waals surface area contributed by atoms with Crippen LogP contribution < -0.4 is 5.32 Å². The molecule has 1 aliphatic heterocycles. The molecule has 0 spiro atoms. The number of likely N-dealkylation sites (tertiary alicyclic amines) is 1. The fraction of sp³-hybridized carbons (Fsp3) is 0.273. The summed E-state index contributed by atoms with van der Waals surface area (Å²) in [5.41, 5.74) is 4.65. The first kappa shape index (κ1) is 18.7. The molecule has 1 fully saturated rings. The summed E-state index contributed by atoms with van der Waals surface area (Å²) in [6.07, 6.45) is 6.02. The number of pyridine rings is 2. The van der Waals surface area contributed by atoms with Gasteiger partial charge in [-0.1, -0.05) is 6.07 Å². The number of thiazole rings is 1. The van der Waals surface area contributed by atoms with Gasteiger partial charge in [0.05, 0.1) is 35.0 Å².